The van der Waals surface area contributed by atoms with Crippen LogP contribution in [-0.4, -0.2) is 10.6 Å². The van der Waals surface area contributed by atoms with Gasteiger partial charge in [0, 0.05) is 18.3 Å². The first-order valence-corrected chi connectivity index (χ1v) is 8.14. The Morgan fingerprint density at radius 2 is 1.68 bits per heavy atom. The van der Waals surface area contributed by atoms with E-state index in [-0.39, 0.29) is 5.56 Å². The van der Waals surface area contributed by atoms with Crippen LogP contribution in [0, 0.1) is 0 Å². The van der Waals surface area contributed by atoms with Crippen LogP contribution in [0.5, 0.6) is 0 Å². The second-order valence-corrected chi connectivity index (χ2v) is 6.20. The van der Waals surface area contributed by atoms with Gasteiger partial charge in [-0.1, -0.05) is 56.3 Å². The smallest absolute Gasteiger partial charge is 0.335 e. The zero-order valence-corrected chi connectivity index (χ0v) is 14.4. The zero-order chi connectivity index (χ0) is 18.0. The summed E-state index contributed by atoms with van der Waals surface area (Å²) in [5, 5.41) is 2.78. The molecule has 25 heavy (non-hydrogen) atoms. The average molecular weight is 336 g/mol. The summed E-state index contributed by atoms with van der Waals surface area (Å²) in [6.07, 6.45) is 0. The molecule has 0 atom stereocenters. The van der Waals surface area contributed by atoms with E-state index < -0.39 is 11.5 Å². The third-order valence-corrected chi connectivity index (χ3v) is 4.09. The molecule has 0 bridgehead atoms. The van der Waals surface area contributed by atoms with Gasteiger partial charge in [-0.25, -0.2) is 9.53 Å². The van der Waals surface area contributed by atoms with Crippen LogP contribution in [0.1, 0.15) is 35.7 Å². The number of benzene rings is 2. The van der Waals surface area contributed by atoms with Gasteiger partial charge in [-0.05, 0) is 23.6 Å². The van der Waals surface area contributed by atoms with Crippen LogP contribution in [0.25, 0.3) is 11.3 Å². The third-order valence-electron chi connectivity index (χ3n) is 4.09. The van der Waals surface area contributed by atoms with Crippen molar-refractivity contribution in [3.8, 4) is 11.3 Å². The van der Waals surface area contributed by atoms with Crippen molar-refractivity contribution in [2.24, 2.45) is 7.05 Å². The Morgan fingerprint density at radius 3 is 2.28 bits per heavy atom. The highest BCUT2D eigenvalue weighted by atomic mass is 16.5. The molecule has 0 aliphatic carbocycles. The number of carbonyl (C=O) groups excluding carboxylic acids is 1. The summed E-state index contributed by atoms with van der Waals surface area (Å²) < 4.78 is 6.44. The summed E-state index contributed by atoms with van der Waals surface area (Å²) in [6, 6.07) is 16.8. The highest BCUT2D eigenvalue weighted by molar-refractivity contribution is 6.07. The lowest BCUT2D eigenvalue weighted by atomic mass is 10.0. The third kappa shape index (κ3) is 3.40. The fourth-order valence-electron chi connectivity index (χ4n) is 2.74. The van der Waals surface area contributed by atoms with Gasteiger partial charge in [0.15, 0.2) is 5.56 Å². The van der Waals surface area contributed by atoms with Gasteiger partial charge in [-0.15, -0.1) is 0 Å². The van der Waals surface area contributed by atoms with Crippen molar-refractivity contribution in [1.82, 2.24) is 4.74 Å². The van der Waals surface area contributed by atoms with E-state index in [1.807, 2.05) is 54.6 Å². The molecule has 1 N–H and O–H groups in total. The predicted octanol–water partition coefficient (Wildman–Crippen LogP) is 4.02. The SMILES string of the molecule is CC(C)c1ccc(NC(=O)c2c(-c3ccccc3)n(C)oc2=O)cc1. The predicted molar refractivity (Wildman–Crippen MR) is 97.9 cm³/mol. The van der Waals surface area contributed by atoms with Crippen molar-refractivity contribution in [2.45, 2.75) is 19.8 Å². The van der Waals surface area contributed by atoms with Gasteiger partial charge in [0.05, 0.1) is 0 Å². The number of anilines is 1. The Kier molecular flexibility index (Phi) is 4.57. The Bertz CT molecular complexity index is 935. The normalized spacial score (nSPS) is 10.9. The second kappa shape index (κ2) is 6.81. The monoisotopic (exact) mass is 336 g/mol. The minimum Gasteiger partial charge on any atom is -0.335 e. The summed E-state index contributed by atoms with van der Waals surface area (Å²) in [5.41, 5.74) is 2.37. The highest BCUT2D eigenvalue weighted by Gasteiger charge is 2.23. The van der Waals surface area contributed by atoms with Crippen LogP contribution in [0.15, 0.2) is 63.9 Å². The number of aryl methyl sites for hydroxylation is 1. The van der Waals surface area contributed by atoms with Crippen LogP contribution in [0.2, 0.25) is 0 Å². The van der Waals surface area contributed by atoms with E-state index in [0.29, 0.717) is 17.3 Å². The van der Waals surface area contributed by atoms with Crippen molar-refractivity contribution >= 4 is 11.6 Å². The maximum atomic E-state index is 12.7. The van der Waals surface area contributed by atoms with Crippen LogP contribution >= 0.6 is 0 Å². The molecule has 3 aromatic rings. The van der Waals surface area contributed by atoms with Crippen molar-refractivity contribution in [1.29, 1.82) is 0 Å². The Hall–Kier alpha value is -3.08. The molecule has 3 rings (SSSR count). The lowest BCUT2D eigenvalue weighted by Crippen LogP contribution is -2.19. The minimum absolute atomic E-state index is 0.00151. The highest BCUT2D eigenvalue weighted by Crippen LogP contribution is 2.23. The molecule has 0 spiro atoms. The van der Waals surface area contributed by atoms with E-state index in [2.05, 4.69) is 19.2 Å². The standard InChI is InChI=1S/C20H20N2O3/c1-13(2)14-9-11-16(12-10-14)21-19(23)17-18(22(3)25-20(17)24)15-7-5-4-6-8-15/h4-13H,1-3H3,(H,21,23). The maximum absolute atomic E-state index is 12.7. The van der Waals surface area contributed by atoms with E-state index in [1.54, 1.807) is 7.05 Å². The Morgan fingerprint density at radius 1 is 1.04 bits per heavy atom. The first-order valence-electron chi connectivity index (χ1n) is 8.14. The van der Waals surface area contributed by atoms with E-state index >= 15 is 0 Å². The summed E-state index contributed by atoms with van der Waals surface area (Å²) in [4.78, 5) is 24.8. The number of aromatic nitrogens is 1. The van der Waals surface area contributed by atoms with Crippen LogP contribution in [-0.2, 0) is 7.05 Å². The average Bonchev–Trinajstić information content (AvgIpc) is 2.90. The second-order valence-electron chi connectivity index (χ2n) is 6.20. The van der Waals surface area contributed by atoms with Crippen molar-refractivity contribution in [3.05, 3.63) is 76.1 Å². The Labute approximate surface area is 145 Å². The molecular formula is C20H20N2O3. The molecule has 0 aliphatic rings. The molecule has 1 amide bonds. The van der Waals surface area contributed by atoms with Crippen LogP contribution in [0.4, 0.5) is 5.69 Å². The number of rotatable bonds is 4. The molecule has 0 aliphatic heterocycles. The molecular weight excluding hydrogens is 316 g/mol. The number of hydrogen-bond acceptors (Lipinski definition) is 3. The summed E-state index contributed by atoms with van der Waals surface area (Å²) in [5.74, 6) is -0.0684. The summed E-state index contributed by atoms with van der Waals surface area (Å²) in [7, 11) is 1.61. The molecule has 0 saturated heterocycles. The number of nitrogens with one attached hydrogen (secondary N) is 1. The molecule has 2 aromatic carbocycles. The molecule has 0 unspecified atom stereocenters. The van der Waals surface area contributed by atoms with Crippen molar-refractivity contribution in [3.63, 3.8) is 0 Å². The van der Waals surface area contributed by atoms with Gasteiger partial charge in [0.1, 0.15) is 5.69 Å². The van der Waals surface area contributed by atoms with E-state index in [9.17, 15) is 9.59 Å². The molecule has 128 valence electrons. The van der Waals surface area contributed by atoms with E-state index in [0.717, 1.165) is 5.56 Å². The fourth-order valence-corrected chi connectivity index (χ4v) is 2.74. The van der Waals surface area contributed by atoms with Gasteiger partial charge in [-0.3, -0.25) is 4.79 Å². The summed E-state index contributed by atoms with van der Waals surface area (Å²) in [6.45, 7) is 4.21. The van der Waals surface area contributed by atoms with Gasteiger partial charge in [0.2, 0.25) is 0 Å². The molecule has 0 fully saturated rings. The van der Waals surface area contributed by atoms with Crippen LogP contribution in [0.3, 0.4) is 0 Å². The van der Waals surface area contributed by atoms with Crippen molar-refractivity contribution < 1.29 is 9.32 Å². The number of carbonyl (C=O) groups is 1. The fraction of sp³-hybridized carbons (Fsp3) is 0.200. The molecule has 5 heteroatoms. The van der Waals surface area contributed by atoms with Gasteiger partial charge >= 0.3 is 5.63 Å². The van der Waals surface area contributed by atoms with Crippen LogP contribution < -0.4 is 10.9 Å². The first kappa shape index (κ1) is 16.8. The molecule has 1 aromatic heterocycles. The lowest BCUT2D eigenvalue weighted by molar-refractivity contribution is 0.102. The van der Waals surface area contributed by atoms with Gasteiger partial charge in [-0.2, -0.15) is 0 Å². The molecule has 1 heterocycles. The quantitative estimate of drug-likeness (QED) is 0.782. The minimum atomic E-state index is -0.655. The molecule has 5 nitrogen and oxygen atoms in total. The number of amides is 1. The lowest BCUT2D eigenvalue weighted by Gasteiger charge is -2.08. The number of nitrogens with zero attached hydrogens (tertiary/aromatic N) is 1. The number of hydrogen-bond donors (Lipinski definition) is 1. The molecule has 0 radical (unpaired) electrons. The van der Waals surface area contributed by atoms with Gasteiger partial charge in [0.25, 0.3) is 5.91 Å². The molecule has 0 saturated carbocycles. The Balaban J connectivity index is 1.94. The zero-order valence-electron chi connectivity index (χ0n) is 14.4. The van der Waals surface area contributed by atoms with E-state index in [4.69, 9.17) is 4.52 Å². The maximum Gasteiger partial charge on any atom is 0.370 e. The summed E-state index contributed by atoms with van der Waals surface area (Å²) >= 11 is 0. The first-order chi connectivity index (χ1) is 12.0. The van der Waals surface area contributed by atoms with Gasteiger partial charge < -0.3 is 9.84 Å². The van der Waals surface area contributed by atoms with Crippen molar-refractivity contribution in [2.75, 3.05) is 5.32 Å². The topological polar surface area (TPSA) is 64.2 Å². The van der Waals surface area contributed by atoms with E-state index in [1.165, 1.54) is 10.3 Å². The largest absolute Gasteiger partial charge is 0.370 e.